The zero-order chi connectivity index (χ0) is 14.5. The molecule has 1 unspecified atom stereocenters. The Labute approximate surface area is 126 Å². The van der Waals surface area contributed by atoms with Gasteiger partial charge in [-0.2, -0.15) is 0 Å². The molecule has 20 heavy (non-hydrogen) atoms. The maximum atomic E-state index is 13.2. The average Bonchev–Trinajstić information content (AvgIpc) is 2.46. The highest BCUT2D eigenvalue weighted by Crippen LogP contribution is 2.33. The van der Waals surface area contributed by atoms with Crippen molar-refractivity contribution in [1.82, 2.24) is 0 Å². The van der Waals surface area contributed by atoms with Gasteiger partial charge in [0, 0.05) is 10.9 Å². The van der Waals surface area contributed by atoms with Gasteiger partial charge in [-0.25, -0.2) is 4.39 Å². The molecule has 2 aromatic carbocycles. The summed E-state index contributed by atoms with van der Waals surface area (Å²) in [5.74, 6) is 1.26. The van der Waals surface area contributed by atoms with Gasteiger partial charge in [-0.1, -0.05) is 28.1 Å². The molecule has 2 nitrogen and oxygen atoms in total. The van der Waals surface area contributed by atoms with Crippen LogP contribution in [0.25, 0.3) is 0 Å². The van der Waals surface area contributed by atoms with Gasteiger partial charge < -0.3 is 9.47 Å². The molecule has 0 aromatic heterocycles. The number of hydrogen-bond donors (Lipinski definition) is 0. The van der Waals surface area contributed by atoms with Gasteiger partial charge in [0.25, 0.3) is 0 Å². The van der Waals surface area contributed by atoms with Crippen molar-refractivity contribution >= 4 is 15.9 Å². The summed E-state index contributed by atoms with van der Waals surface area (Å²) < 4.78 is 23.7. The Bertz CT molecular complexity index is 564. The second-order valence-corrected chi connectivity index (χ2v) is 5.55. The van der Waals surface area contributed by atoms with Gasteiger partial charge in [-0.05, 0) is 41.8 Å². The zero-order valence-corrected chi connectivity index (χ0v) is 13.0. The second-order valence-electron chi connectivity index (χ2n) is 4.45. The van der Waals surface area contributed by atoms with Gasteiger partial charge in [0.05, 0.1) is 14.2 Å². The molecule has 1 atom stereocenters. The number of hydrogen-bond acceptors (Lipinski definition) is 2. The van der Waals surface area contributed by atoms with Crippen LogP contribution in [0.15, 0.2) is 42.5 Å². The van der Waals surface area contributed by atoms with Crippen molar-refractivity contribution in [1.29, 1.82) is 0 Å². The van der Waals surface area contributed by atoms with Gasteiger partial charge in [-0.15, -0.1) is 0 Å². The molecule has 2 rings (SSSR count). The molecule has 0 N–H and O–H groups in total. The molecule has 2 aromatic rings. The smallest absolute Gasteiger partial charge is 0.123 e. The minimum atomic E-state index is -0.217. The van der Waals surface area contributed by atoms with E-state index in [1.165, 1.54) is 6.07 Å². The second kappa shape index (κ2) is 6.75. The molecule has 0 radical (unpaired) electrons. The third kappa shape index (κ3) is 3.73. The Morgan fingerprint density at radius 1 is 1.05 bits per heavy atom. The average molecular weight is 339 g/mol. The van der Waals surface area contributed by atoms with Gasteiger partial charge in [-0.3, -0.25) is 0 Å². The standard InChI is InChI=1S/C16H16BrFO2/c1-19-14-8-12(9-15(10-14)20-2)16(17)7-11-4-3-5-13(18)6-11/h3-6,8-10,16H,7H2,1-2H3. The summed E-state index contributed by atoms with van der Waals surface area (Å²) in [4.78, 5) is 0.0632. The highest BCUT2D eigenvalue weighted by atomic mass is 79.9. The molecule has 0 amide bonds. The molecule has 0 aliphatic carbocycles. The summed E-state index contributed by atoms with van der Waals surface area (Å²) in [5, 5.41) is 0. The maximum Gasteiger partial charge on any atom is 0.123 e. The van der Waals surface area contributed by atoms with E-state index in [4.69, 9.17) is 9.47 Å². The molecule has 0 saturated heterocycles. The van der Waals surface area contributed by atoms with E-state index in [2.05, 4.69) is 15.9 Å². The van der Waals surface area contributed by atoms with Crippen molar-refractivity contribution in [3.05, 3.63) is 59.4 Å². The Balaban J connectivity index is 2.22. The number of methoxy groups -OCH3 is 2. The largest absolute Gasteiger partial charge is 0.497 e. The monoisotopic (exact) mass is 338 g/mol. The molecule has 0 saturated carbocycles. The van der Waals surface area contributed by atoms with E-state index in [0.29, 0.717) is 6.42 Å². The fourth-order valence-electron chi connectivity index (χ4n) is 2.00. The van der Waals surface area contributed by atoms with E-state index >= 15 is 0 Å². The number of ether oxygens (including phenoxy) is 2. The van der Waals surface area contributed by atoms with Crippen molar-refractivity contribution in [2.45, 2.75) is 11.2 Å². The topological polar surface area (TPSA) is 18.5 Å². The lowest BCUT2D eigenvalue weighted by Gasteiger charge is -2.13. The molecule has 0 heterocycles. The SMILES string of the molecule is COc1cc(OC)cc(C(Br)Cc2cccc(F)c2)c1. The molecule has 4 heteroatoms. The summed E-state index contributed by atoms with van der Waals surface area (Å²) in [6.45, 7) is 0. The molecule has 0 fully saturated rings. The first-order valence-corrected chi connectivity index (χ1v) is 7.15. The van der Waals surface area contributed by atoms with Crippen LogP contribution in [0.1, 0.15) is 16.0 Å². The molecule has 106 valence electrons. The summed E-state index contributed by atoms with van der Waals surface area (Å²) in [7, 11) is 3.24. The Morgan fingerprint density at radius 2 is 1.70 bits per heavy atom. The van der Waals surface area contributed by atoms with Crippen molar-refractivity contribution < 1.29 is 13.9 Å². The van der Waals surface area contributed by atoms with Crippen LogP contribution < -0.4 is 9.47 Å². The minimum absolute atomic E-state index is 0.0632. The lowest BCUT2D eigenvalue weighted by atomic mass is 10.0. The van der Waals surface area contributed by atoms with E-state index in [9.17, 15) is 4.39 Å². The van der Waals surface area contributed by atoms with Crippen LogP contribution in [0.5, 0.6) is 11.5 Å². The number of benzene rings is 2. The zero-order valence-electron chi connectivity index (χ0n) is 11.4. The molecule has 0 aliphatic heterocycles. The van der Waals surface area contributed by atoms with E-state index in [-0.39, 0.29) is 10.6 Å². The summed E-state index contributed by atoms with van der Waals surface area (Å²) in [5.41, 5.74) is 1.97. The van der Waals surface area contributed by atoms with Crippen molar-refractivity contribution in [2.24, 2.45) is 0 Å². The predicted molar refractivity (Wildman–Crippen MR) is 81.3 cm³/mol. The van der Waals surface area contributed by atoms with E-state index in [1.807, 2.05) is 24.3 Å². The lowest BCUT2D eigenvalue weighted by Crippen LogP contribution is -1.98. The number of halogens is 2. The van der Waals surface area contributed by atoms with Crippen LogP contribution in [-0.4, -0.2) is 14.2 Å². The normalized spacial score (nSPS) is 12.0. The maximum absolute atomic E-state index is 13.2. The highest BCUT2D eigenvalue weighted by Gasteiger charge is 2.12. The van der Waals surface area contributed by atoms with Crippen LogP contribution in [0, 0.1) is 5.82 Å². The van der Waals surface area contributed by atoms with Crippen molar-refractivity contribution in [3.8, 4) is 11.5 Å². The fraction of sp³-hybridized carbons (Fsp3) is 0.250. The first kappa shape index (κ1) is 14.9. The fourth-order valence-corrected chi connectivity index (χ4v) is 2.64. The first-order valence-electron chi connectivity index (χ1n) is 6.24. The van der Waals surface area contributed by atoms with E-state index in [1.54, 1.807) is 26.4 Å². The summed E-state index contributed by atoms with van der Waals surface area (Å²) >= 11 is 3.64. The molecule has 0 bridgehead atoms. The summed E-state index contributed by atoms with van der Waals surface area (Å²) in [6, 6.07) is 12.3. The highest BCUT2D eigenvalue weighted by molar-refractivity contribution is 9.09. The molecule has 0 spiro atoms. The Kier molecular flexibility index (Phi) is 5.01. The number of alkyl halides is 1. The quantitative estimate of drug-likeness (QED) is 0.746. The Hall–Kier alpha value is -1.55. The minimum Gasteiger partial charge on any atom is -0.497 e. The van der Waals surface area contributed by atoms with Gasteiger partial charge in [0.15, 0.2) is 0 Å². The number of rotatable bonds is 5. The summed E-state index contributed by atoms with van der Waals surface area (Å²) in [6.07, 6.45) is 0.689. The van der Waals surface area contributed by atoms with Crippen LogP contribution in [0.4, 0.5) is 4.39 Å². The first-order chi connectivity index (χ1) is 9.62. The Morgan fingerprint density at radius 3 is 2.25 bits per heavy atom. The van der Waals surface area contributed by atoms with Gasteiger partial charge in [0.1, 0.15) is 17.3 Å². The van der Waals surface area contributed by atoms with Crippen molar-refractivity contribution in [2.75, 3.05) is 14.2 Å². The van der Waals surface area contributed by atoms with Crippen LogP contribution >= 0.6 is 15.9 Å². The molecular formula is C16H16BrFO2. The van der Waals surface area contributed by atoms with Gasteiger partial charge in [0.2, 0.25) is 0 Å². The lowest BCUT2D eigenvalue weighted by molar-refractivity contribution is 0.393. The van der Waals surface area contributed by atoms with Crippen LogP contribution in [0.3, 0.4) is 0 Å². The van der Waals surface area contributed by atoms with Crippen LogP contribution in [0.2, 0.25) is 0 Å². The van der Waals surface area contributed by atoms with E-state index in [0.717, 1.165) is 22.6 Å². The van der Waals surface area contributed by atoms with Crippen molar-refractivity contribution in [3.63, 3.8) is 0 Å². The van der Waals surface area contributed by atoms with E-state index < -0.39 is 0 Å². The third-order valence-electron chi connectivity index (χ3n) is 3.04. The predicted octanol–water partition coefficient (Wildman–Crippen LogP) is 4.52. The van der Waals surface area contributed by atoms with Crippen LogP contribution in [-0.2, 0) is 6.42 Å². The molecular weight excluding hydrogens is 323 g/mol. The third-order valence-corrected chi connectivity index (χ3v) is 3.89. The molecule has 0 aliphatic rings. The van der Waals surface area contributed by atoms with Gasteiger partial charge >= 0.3 is 0 Å².